The largest absolute Gasteiger partial charge is 0.456 e. The molecule has 0 radical (unpaired) electrons. The first-order valence-electron chi connectivity index (χ1n) is 3.36. The molecule has 0 aliphatic rings. The Kier molecular flexibility index (Phi) is 1.44. The van der Waals surface area contributed by atoms with Crippen molar-refractivity contribution >= 4 is 28.6 Å². The van der Waals surface area contributed by atoms with Crippen molar-refractivity contribution in [1.29, 1.82) is 0 Å². The first kappa shape index (κ1) is 7.36. The van der Waals surface area contributed by atoms with Gasteiger partial charge in [0, 0.05) is 6.07 Å². The van der Waals surface area contributed by atoms with Crippen molar-refractivity contribution < 1.29 is 4.42 Å². The molecule has 4 nitrogen and oxygen atoms in total. The summed E-state index contributed by atoms with van der Waals surface area (Å²) in [7, 11) is 0. The van der Waals surface area contributed by atoms with Crippen LogP contribution >= 0.6 is 11.6 Å². The number of hydrogen-bond donors (Lipinski definition) is 1. The molecular formula is C7H6ClN3O. The van der Waals surface area contributed by atoms with Crippen LogP contribution in [0.15, 0.2) is 10.5 Å². The minimum Gasteiger partial charge on any atom is -0.456 e. The lowest BCUT2D eigenvalue weighted by molar-refractivity contribution is 0.577. The Balaban J connectivity index is 2.88. The van der Waals surface area contributed by atoms with Gasteiger partial charge in [-0.2, -0.15) is 4.98 Å². The molecule has 0 fully saturated rings. The maximum Gasteiger partial charge on any atom is 0.222 e. The van der Waals surface area contributed by atoms with E-state index in [-0.39, 0.29) is 11.1 Å². The molecule has 0 amide bonds. The molecule has 0 aliphatic heterocycles. The van der Waals surface area contributed by atoms with Gasteiger partial charge >= 0.3 is 0 Å². The Labute approximate surface area is 73.4 Å². The summed E-state index contributed by atoms with van der Waals surface area (Å²) in [4.78, 5) is 7.70. The summed E-state index contributed by atoms with van der Waals surface area (Å²) in [5.41, 5.74) is 6.52. The summed E-state index contributed by atoms with van der Waals surface area (Å²) in [5.74, 6) is 0.903. The van der Waals surface area contributed by atoms with Gasteiger partial charge in [0.05, 0.1) is 0 Å². The molecule has 2 aromatic rings. The number of aromatic nitrogens is 2. The Morgan fingerprint density at radius 1 is 1.50 bits per heavy atom. The molecule has 2 rings (SSSR count). The standard InChI is InChI=1S/C7H6ClN3O/c1-3-2-4-5(12-3)6(8)11-7(9)10-4/h2H,1H3,(H2,9,10,11). The normalized spacial score (nSPS) is 10.8. The van der Waals surface area contributed by atoms with E-state index in [1.807, 2.05) is 6.92 Å². The minimum atomic E-state index is 0.160. The molecule has 2 heterocycles. The molecule has 0 saturated heterocycles. The van der Waals surface area contributed by atoms with Crippen molar-refractivity contribution in [2.75, 3.05) is 5.73 Å². The van der Waals surface area contributed by atoms with Crippen LogP contribution in [0, 0.1) is 6.92 Å². The predicted octanol–water partition coefficient (Wildman–Crippen LogP) is 1.77. The fraction of sp³-hybridized carbons (Fsp3) is 0.143. The molecule has 0 bridgehead atoms. The maximum atomic E-state index is 5.75. The SMILES string of the molecule is Cc1cc2nc(N)nc(Cl)c2o1. The van der Waals surface area contributed by atoms with E-state index in [2.05, 4.69) is 9.97 Å². The first-order valence-corrected chi connectivity index (χ1v) is 3.74. The highest BCUT2D eigenvalue weighted by molar-refractivity contribution is 6.33. The van der Waals surface area contributed by atoms with Gasteiger partial charge in [0.2, 0.25) is 5.95 Å². The average molecular weight is 184 g/mol. The monoisotopic (exact) mass is 183 g/mol. The molecule has 0 unspecified atom stereocenters. The third kappa shape index (κ3) is 1.00. The number of furan rings is 1. The van der Waals surface area contributed by atoms with Crippen LogP contribution in [0.4, 0.5) is 5.95 Å². The lowest BCUT2D eigenvalue weighted by Gasteiger charge is -1.92. The number of halogens is 1. The molecule has 0 aliphatic carbocycles. The number of anilines is 1. The highest BCUT2D eigenvalue weighted by Crippen LogP contribution is 2.23. The number of fused-ring (bicyclic) bond motifs is 1. The molecule has 2 N–H and O–H groups in total. The molecule has 2 aromatic heterocycles. The smallest absolute Gasteiger partial charge is 0.222 e. The summed E-state index contributed by atoms with van der Waals surface area (Å²) in [6.07, 6.45) is 0. The van der Waals surface area contributed by atoms with Gasteiger partial charge in [0.1, 0.15) is 11.3 Å². The summed E-state index contributed by atoms with van der Waals surface area (Å²) >= 11 is 5.75. The number of nitrogens with two attached hydrogens (primary N) is 1. The summed E-state index contributed by atoms with van der Waals surface area (Å²) in [6.45, 7) is 1.81. The van der Waals surface area contributed by atoms with Gasteiger partial charge in [0.15, 0.2) is 10.7 Å². The van der Waals surface area contributed by atoms with Gasteiger partial charge in [-0.05, 0) is 6.92 Å². The van der Waals surface area contributed by atoms with Gasteiger partial charge in [0.25, 0.3) is 0 Å². The molecule has 12 heavy (non-hydrogen) atoms. The Bertz CT molecular complexity index is 437. The van der Waals surface area contributed by atoms with Gasteiger partial charge in [-0.3, -0.25) is 0 Å². The number of hydrogen-bond acceptors (Lipinski definition) is 4. The van der Waals surface area contributed by atoms with Crippen LogP contribution in [0.25, 0.3) is 11.1 Å². The van der Waals surface area contributed by atoms with E-state index in [4.69, 9.17) is 21.8 Å². The molecule has 0 spiro atoms. The van der Waals surface area contributed by atoms with Gasteiger partial charge < -0.3 is 10.2 Å². The number of nitrogen functional groups attached to an aromatic ring is 1. The second-order valence-electron chi connectivity index (χ2n) is 2.44. The lowest BCUT2D eigenvalue weighted by atomic mass is 10.4. The van der Waals surface area contributed by atoms with Crippen molar-refractivity contribution in [3.63, 3.8) is 0 Å². The number of aryl methyl sites for hydroxylation is 1. The van der Waals surface area contributed by atoms with E-state index in [1.165, 1.54) is 0 Å². The van der Waals surface area contributed by atoms with Crippen LogP contribution in [-0.2, 0) is 0 Å². The van der Waals surface area contributed by atoms with E-state index < -0.39 is 0 Å². The quantitative estimate of drug-likeness (QED) is 0.633. The molecule has 0 aromatic carbocycles. The zero-order valence-electron chi connectivity index (χ0n) is 6.34. The van der Waals surface area contributed by atoms with Crippen LogP contribution < -0.4 is 5.73 Å². The summed E-state index contributed by atoms with van der Waals surface area (Å²) < 4.78 is 5.24. The number of nitrogens with zero attached hydrogens (tertiary/aromatic N) is 2. The van der Waals surface area contributed by atoms with Crippen LogP contribution in [0.5, 0.6) is 0 Å². The Morgan fingerprint density at radius 3 is 3.00 bits per heavy atom. The van der Waals surface area contributed by atoms with Crippen molar-refractivity contribution in [3.8, 4) is 0 Å². The van der Waals surface area contributed by atoms with Gasteiger partial charge in [-0.15, -0.1) is 0 Å². The van der Waals surface area contributed by atoms with E-state index in [0.717, 1.165) is 5.76 Å². The fourth-order valence-electron chi connectivity index (χ4n) is 1.03. The van der Waals surface area contributed by atoms with Crippen LogP contribution in [0.1, 0.15) is 5.76 Å². The molecule has 5 heteroatoms. The van der Waals surface area contributed by atoms with E-state index >= 15 is 0 Å². The van der Waals surface area contributed by atoms with E-state index in [0.29, 0.717) is 11.1 Å². The lowest BCUT2D eigenvalue weighted by Crippen LogP contribution is -1.93. The molecule has 0 saturated carbocycles. The van der Waals surface area contributed by atoms with Crippen molar-refractivity contribution in [2.45, 2.75) is 6.92 Å². The second kappa shape index (κ2) is 2.35. The summed E-state index contributed by atoms with van der Waals surface area (Å²) in [5, 5.41) is 0.255. The average Bonchev–Trinajstić information content (AvgIpc) is 2.29. The highest BCUT2D eigenvalue weighted by Gasteiger charge is 2.08. The van der Waals surface area contributed by atoms with E-state index in [1.54, 1.807) is 6.07 Å². The fourth-order valence-corrected chi connectivity index (χ4v) is 1.25. The third-order valence-corrected chi connectivity index (χ3v) is 1.73. The van der Waals surface area contributed by atoms with Crippen molar-refractivity contribution in [2.24, 2.45) is 0 Å². The van der Waals surface area contributed by atoms with Crippen LogP contribution in [-0.4, -0.2) is 9.97 Å². The zero-order chi connectivity index (χ0) is 8.72. The maximum absolute atomic E-state index is 5.75. The highest BCUT2D eigenvalue weighted by atomic mass is 35.5. The van der Waals surface area contributed by atoms with Crippen LogP contribution in [0.2, 0.25) is 5.15 Å². The number of rotatable bonds is 0. The van der Waals surface area contributed by atoms with Crippen molar-refractivity contribution in [3.05, 3.63) is 17.0 Å². The van der Waals surface area contributed by atoms with E-state index in [9.17, 15) is 0 Å². The third-order valence-electron chi connectivity index (χ3n) is 1.47. The second-order valence-corrected chi connectivity index (χ2v) is 2.80. The molecule has 62 valence electrons. The summed E-state index contributed by atoms with van der Waals surface area (Å²) in [6, 6.07) is 1.76. The van der Waals surface area contributed by atoms with Gasteiger partial charge in [-0.25, -0.2) is 4.98 Å². The Morgan fingerprint density at radius 2 is 2.25 bits per heavy atom. The minimum absolute atomic E-state index is 0.160. The first-order chi connectivity index (χ1) is 5.66. The molecule has 0 atom stereocenters. The molecular weight excluding hydrogens is 178 g/mol. The Hall–Kier alpha value is -1.29. The van der Waals surface area contributed by atoms with Crippen LogP contribution in [0.3, 0.4) is 0 Å². The topological polar surface area (TPSA) is 64.9 Å². The predicted molar refractivity (Wildman–Crippen MR) is 46.0 cm³/mol. The zero-order valence-corrected chi connectivity index (χ0v) is 7.09. The van der Waals surface area contributed by atoms with Crippen molar-refractivity contribution in [1.82, 2.24) is 9.97 Å². The van der Waals surface area contributed by atoms with Gasteiger partial charge in [-0.1, -0.05) is 11.6 Å².